The zero-order valence-corrected chi connectivity index (χ0v) is 6.44. The Kier molecular flexibility index (Phi) is 64.1. The van der Waals surface area contributed by atoms with Gasteiger partial charge in [-0.3, -0.25) is 9.13 Å². The van der Waals surface area contributed by atoms with Crippen molar-refractivity contribution in [1.82, 2.24) is 0 Å². The molecule has 0 fully saturated rings. The van der Waals surface area contributed by atoms with Crippen LogP contribution in [0.25, 0.3) is 0 Å². The van der Waals surface area contributed by atoms with E-state index in [-0.39, 0.29) is 23.1 Å². The van der Waals surface area contributed by atoms with Crippen molar-refractivity contribution in [1.29, 1.82) is 0 Å². The summed E-state index contributed by atoms with van der Waals surface area (Å²) in [7, 11) is -2.17. The van der Waals surface area contributed by atoms with Gasteiger partial charge in [-0.15, -0.1) is 0 Å². The van der Waals surface area contributed by atoms with E-state index in [9.17, 15) is 0 Å². The third-order valence-corrected chi connectivity index (χ3v) is 0. The third kappa shape index (κ3) is 209. The minimum Gasteiger partial charge on any atom is -0.772 e. The quantitative estimate of drug-likeness (QED) is 0.318. The zero-order chi connectivity index (χ0) is 5.41. The van der Waals surface area contributed by atoms with Gasteiger partial charge in [0.15, 0.2) is 0 Å². The Balaban J connectivity index is -0.0000000400. The molecule has 0 bridgehead atoms. The summed E-state index contributed by atoms with van der Waals surface area (Å²) >= 11 is 0. The van der Waals surface area contributed by atoms with Gasteiger partial charge in [0.25, 0.3) is 0 Å². The minimum atomic E-state index is -1.08. The van der Waals surface area contributed by atoms with E-state index in [1.54, 1.807) is 0 Å². The summed E-state index contributed by atoms with van der Waals surface area (Å²) in [5, 5.41) is 0. The molecule has 0 rings (SSSR count). The van der Waals surface area contributed by atoms with Crippen molar-refractivity contribution < 1.29 is 18.9 Å². The van der Waals surface area contributed by atoms with Gasteiger partial charge in [-0.2, -0.15) is 0 Å². The zero-order valence-electron chi connectivity index (χ0n) is 3.23. The Labute approximate surface area is 59.7 Å². The Morgan fingerprint density at radius 3 is 1.00 bits per heavy atom. The van der Waals surface area contributed by atoms with Crippen molar-refractivity contribution in [3.63, 3.8) is 0 Å². The van der Waals surface area contributed by atoms with Crippen LogP contribution in [-0.2, 0) is 9.13 Å². The molecule has 0 spiro atoms. The minimum absolute atomic E-state index is 0. The molecule has 0 aromatic rings. The number of rotatable bonds is 0. The predicted octanol–water partition coefficient (Wildman–Crippen LogP) is -1.27. The van der Waals surface area contributed by atoms with Crippen molar-refractivity contribution >= 4 is 40.4 Å². The first-order valence-corrected chi connectivity index (χ1v) is 2.19. The standard InChI is InChI=1S/Mg.2HO2P/c;2*1-3-2/h;2*(H,1,2)/q+2;;/p-2. The Morgan fingerprint density at radius 1 is 1.00 bits per heavy atom. The van der Waals surface area contributed by atoms with Crippen LogP contribution in [0, 0.1) is 0 Å². The summed E-state index contributed by atoms with van der Waals surface area (Å²) in [5.41, 5.74) is 0. The summed E-state index contributed by atoms with van der Waals surface area (Å²) in [6.45, 7) is 0. The first-order chi connectivity index (χ1) is 2.83. The van der Waals surface area contributed by atoms with Crippen LogP contribution in [0.1, 0.15) is 0 Å². The molecule has 7 heteroatoms. The van der Waals surface area contributed by atoms with Crippen LogP contribution >= 0.6 is 17.4 Å². The van der Waals surface area contributed by atoms with E-state index in [1.807, 2.05) is 0 Å². The summed E-state index contributed by atoms with van der Waals surface area (Å²) < 4.78 is 16.7. The Bertz CT molecular complexity index is 30.7. The molecule has 0 saturated carbocycles. The van der Waals surface area contributed by atoms with Crippen LogP contribution in [0.5, 0.6) is 0 Å². The molecule has 0 radical (unpaired) electrons. The molecule has 0 amide bonds. The van der Waals surface area contributed by atoms with E-state index >= 15 is 0 Å². The van der Waals surface area contributed by atoms with E-state index < -0.39 is 17.4 Å². The largest absolute Gasteiger partial charge is 2.00 e. The maximum Gasteiger partial charge on any atom is 2.00 e. The molecule has 0 aromatic heterocycles. The summed E-state index contributed by atoms with van der Waals surface area (Å²) in [6, 6.07) is 0. The van der Waals surface area contributed by atoms with E-state index in [2.05, 4.69) is 0 Å². The van der Waals surface area contributed by atoms with Crippen LogP contribution in [0.2, 0.25) is 0 Å². The molecule has 0 atom stereocenters. The van der Waals surface area contributed by atoms with Crippen molar-refractivity contribution in [2.24, 2.45) is 0 Å². The summed E-state index contributed by atoms with van der Waals surface area (Å²) in [4.78, 5) is 16.7. The summed E-state index contributed by atoms with van der Waals surface area (Å²) in [6.07, 6.45) is 0. The number of hydrogen-bond donors (Lipinski definition) is 0. The van der Waals surface area contributed by atoms with Crippen LogP contribution in [0.3, 0.4) is 0 Å². The molecule has 0 N–H and O–H groups in total. The van der Waals surface area contributed by atoms with Gasteiger partial charge in [-0.05, 0) is 0 Å². The first kappa shape index (κ1) is 15.7. The average molecular weight is 150 g/mol. The van der Waals surface area contributed by atoms with Gasteiger partial charge in [-0.25, -0.2) is 0 Å². The second-order valence-electron chi connectivity index (χ2n) is 0.149. The fraction of sp³-hybridized carbons (Fsp3) is 0. The normalized spacial score (nSPS) is 6.00. The van der Waals surface area contributed by atoms with Crippen LogP contribution < -0.4 is 9.79 Å². The molecule has 0 saturated heterocycles. The van der Waals surface area contributed by atoms with Crippen LogP contribution in [0.15, 0.2) is 0 Å². The van der Waals surface area contributed by atoms with Gasteiger partial charge in [0, 0.05) is 0 Å². The molecule has 4 nitrogen and oxygen atoms in total. The maximum absolute atomic E-state index is 8.35. The van der Waals surface area contributed by atoms with E-state index in [4.69, 9.17) is 18.9 Å². The van der Waals surface area contributed by atoms with Gasteiger partial charge in [0.2, 0.25) is 0 Å². The van der Waals surface area contributed by atoms with E-state index in [0.717, 1.165) is 0 Å². The van der Waals surface area contributed by atoms with E-state index in [0.29, 0.717) is 0 Å². The molecule has 7 heavy (non-hydrogen) atoms. The maximum atomic E-state index is 8.35. The SMILES string of the molecule is O=P[O-].O=P[O-].[Mg+2]. The Hall–Kier alpha value is 0.886. The fourth-order valence-electron chi connectivity index (χ4n) is 0. The molecule has 0 heterocycles. The first-order valence-electron chi connectivity index (χ1n) is 0.730. The van der Waals surface area contributed by atoms with E-state index in [1.165, 1.54) is 0 Å². The predicted molar refractivity (Wildman–Crippen MR) is 21.0 cm³/mol. The topological polar surface area (TPSA) is 80.3 Å². The smallest absolute Gasteiger partial charge is 0.772 e. The van der Waals surface area contributed by atoms with Gasteiger partial charge in [-0.1, -0.05) is 0 Å². The third-order valence-electron chi connectivity index (χ3n) is 0. The van der Waals surface area contributed by atoms with Gasteiger partial charge in [0.1, 0.15) is 0 Å². The van der Waals surface area contributed by atoms with Gasteiger partial charge < -0.3 is 9.79 Å². The van der Waals surface area contributed by atoms with Crippen LogP contribution in [0.4, 0.5) is 0 Å². The molecule has 0 aliphatic rings. The molecule has 0 aliphatic heterocycles. The molecule has 0 aliphatic carbocycles. The second-order valence-corrected chi connectivity index (χ2v) is 0.447. The van der Waals surface area contributed by atoms with Crippen molar-refractivity contribution in [3.05, 3.63) is 0 Å². The van der Waals surface area contributed by atoms with Gasteiger partial charge in [0.05, 0.1) is 17.4 Å². The van der Waals surface area contributed by atoms with Gasteiger partial charge >= 0.3 is 23.1 Å². The van der Waals surface area contributed by atoms with Crippen molar-refractivity contribution in [2.75, 3.05) is 0 Å². The van der Waals surface area contributed by atoms with Crippen molar-refractivity contribution in [3.8, 4) is 0 Å². The second kappa shape index (κ2) is 28.6. The van der Waals surface area contributed by atoms with Crippen molar-refractivity contribution in [2.45, 2.75) is 0 Å². The monoisotopic (exact) mass is 150 g/mol. The Morgan fingerprint density at radius 2 is 1.00 bits per heavy atom. The molecular weight excluding hydrogens is 150 g/mol. The molecule has 0 unspecified atom stereocenters. The number of hydrogen-bond acceptors (Lipinski definition) is 4. The molecule has 36 valence electrons. The molecule has 0 aromatic carbocycles. The average Bonchev–Trinajstić information content (AvgIpc) is 1.39. The van der Waals surface area contributed by atoms with Crippen LogP contribution in [-0.4, -0.2) is 23.1 Å². The molecular formula is MgO4P2. The summed E-state index contributed by atoms with van der Waals surface area (Å²) in [5.74, 6) is 0. The fourth-order valence-corrected chi connectivity index (χ4v) is 0.